The third kappa shape index (κ3) is 14.9. The van der Waals surface area contributed by atoms with Gasteiger partial charge in [-0.25, -0.2) is 9.98 Å². The number of nitrogens with zero attached hydrogens (tertiary/aromatic N) is 8. The van der Waals surface area contributed by atoms with Crippen LogP contribution in [0.4, 0.5) is 60.5 Å². The summed E-state index contributed by atoms with van der Waals surface area (Å²) in [7, 11) is 3.22. The van der Waals surface area contributed by atoms with Gasteiger partial charge in [0.2, 0.25) is 11.9 Å². The number of halogens is 8. The van der Waals surface area contributed by atoms with Crippen LogP contribution < -0.4 is 29.1 Å². The number of thiophene rings is 2. The van der Waals surface area contributed by atoms with Crippen LogP contribution in [0.2, 0.25) is 8.67 Å². The Morgan fingerprint density at radius 3 is 1.22 bits per heavy atom. The molecule has 2 saturated heterocycles. The van der Waals surface area contributed by atoms with Crippen molar-refractivity contribution in [3.8, 4) is 11.5 Å². The molecule has 0 bridgehead atoms. The summed E-state index contributed by atoms with van der Waals surface area (Å²) in [5.41, 5.74) is 3.15. The Balaban J connectivity index is 0.000000287. The standard InChI is InChI=1S/2C27H26ClF3N4O3S.2CH3.2W/c2*1-16-6-7-17(27(29,30)31)12-21(16)35-22(15-24(36)37)25-20(14-23(28)39-25)32-26(35)34-10-8-33(9-11-34)18-4-3-5-19(13-18)38-2;;;;/h2*3-7,12-14,22H,8-11,15H2,1-2H3,(H,36,37);2*1H3;;/q;;2*-1;;/t2*22-;;;;/m10..../s1. The van der Waals surface area contributed by atoms with Crippen LogP contribution >= 0.6 is 45.9 Å². The number of anilines is 4. The Morgan fingerprint density at radius 2 is 0.902 bits per heavy atom. The molecule has 6 heterocycles. The number of aryl methyl sites for hydroxylation is 2. The van der Waals surface area contributed by atoms with E-state index in [0.717, 1.165) is 47.1 Å². The maximum Gasteiger partial charge on any atom is 0.416 e. The second-order valence-corrected chi connectivity index (χ2v) is 22.2. The van der Waals surface area contributed by atoms with Crippen molar-refractivity contribution in [1.29, 1.82) is 0 Å². The van der Waals surface area contributed by atoms with Gasteiger partial charge in [-0.2, -0.15) is 26.3 Å². The summed E-state index contributed by atoms with van der Waals surface area (Å²) in [5, 5.41) is 19.6. The van der Waals surface area contributed by atoms with E-state index in [0.29, 0.717) is 105 Å². The molecule has 26 heteroatoms. The third-order valence-corrected chi connectivity index (χ3v) is 16.5. The summed E-state index contributed by atoms with van der Waals surface area (Å²) in [4.78, 5) is 46.6. The summed E-state index contributed by atoms with van der Waals surface area (Å²) in [6, 6.07) is 24.3. The van der Waals surface area contributed by atoms with E-state index in [1.165, 1.54) is 34.8 Å². The van der Waals surface area contributed by atoms with Crippen LogP contribution in [0.25, 0.3) is 0 Å². The summed E-state index contributed by atoms with van der Waals surface area (Å²) >= 11 is 15.0. The molecule has 0 unspecified atom stereocenters. The number of guanidine groups is 2. The molecule has 4 aliphatic heterocycles. The number of alkyl halides is 6. The number of rotatable bonds is 10. The molecule has 4 aromatic carbocycles. The number of methoxy groups -OCH3 is 2. The van der Waals surface area contributed by atoms with Crippen molar-refractivity contribution in [2.24, 2.45) is 9.98 Å². The molecule has 6 aromatic rings. The van der Waals surface area contributed by atoms with Gasteiger partial charge in [-0.05, 0) is 85.6 Å². The Hall–Kier alpha value is -5.50. The Labute approximate surface area is 519 Å². The second kappa shape index (κ2) is 27.9. The maximum absolute atomic E-state index is 13.7. The molecule has 0 saturated carbocycles. The van der Waals surface area contributed by atoms with Crippen molar-refractivity contribution in [1.82, 2.24) is 9.80 Å². The minimum absolute atomic E-state index is 0. The molecule has 0 amide bonds. The summed E-state index contributed by atoms with van der Waals surface area (Å²) < 4.78 is 94.0. The number of carbonyl (C=O) groups is 2. The van der Waals surface area contributed by atoms with Gasteiger partial charge in [0, 0.05) is 129 Å². The van der Waals surface area contributed by atoms with Crippen molar-refractivity contribution in [3.05, 3.63) is 153 Å². The van der Waals surface area contributed by atoms with Crippen LogP contribution in [-0.2, 0) is 64.1 Å². The van der Waals surface area contributed by atoms with Gasteiger partial charge in [-0.1, -0.05) is 47.5 Å². The number of aliphatic carboxylic acids is 2. The molecule has 10 rings (SSSR count). The van der Waals surface area contributed by atoms with E-state index in [4.69, 9.17) is 42.7 Å². The first kappa shape index (κ1) is 67.3. The number of ether oxygens (including phenoxy) is 2. The number of benzene rings is 4. The van der Waals surface area contributed by atoms with Crippen LogP contribution in [0.3, 0.4) is 0 Å². The number of hydrogen-bond acceptors (Lipinski definition) is 14. The van der Waals surface area contributed by atoms with Gasteiger partial charge in [0.1, 0.15) is 11.5 Å². The number of carboxylic acid groups (broad SMARTS) is 2. The zero-order chi connectivity index (χ0) is 55.8. The van der Waals surface area contributed by atoms with Gasteiger partial charge in [0.05, 0.1) is 80.1 Å². The predicted octanol–water partition coefficient (Wildman–Crippen LogP) is 14.1. The minimum atomic E-state index is -4.56. The van der Waals surface area contributed by atoms with Gasteiger partial charge < -0.3 is 63.9 Å². The summed E-state index contributed by atoms with van der Waals surface area (Å²) in [5.74, 6) is 0.169. The van der Waals surface area contributed by atoms with Crippen LogP contribution in [0, 0.1) is 28.7 Å². The summed E-state index contributed by atoms with van der Waals surface area (Å²) in [6.07, 6.45) is -9.78. The van der Waals surface area contributed by atoms with Gasteiger partial charge in [-0.3, -0.25) is 9.59 Å². The minimum Gasteiger partial charge on any atom is -0.497 e. The molecule has 2 aromatic heterocycles. The first-order valence-electron chi connectivity index (χ1n) is 24.5. The molecule has 2 fully saturated rings. The molecule has 14 nitrogen and oxygen atoms in total. The van der Waals surface area contributed by atoms with E-state index >= 15 is 0 Å². The molecular weight excluding hydrogens is 1500 g/mol. The molecule has 82 heavy (non-hydrogen) atoms. The smallest absolute Gasteiger partial charge is 0.416 e. The molecule has 0 radical (unpaired) electrons. The number of fused-ring (bicyclic) bond motifs is 2. The fraction of sp³-hybridized carbons (Fsp3) is 0.321. The zero-order valence-corrected chi connectivity index (χ0v) is 54.2. The van der Waals surface area contributed by atoms with E-state index in [9.17, 15) is 46.1 Å². The van der Waals surface area contributed by atoms with Gasteiger partial charge in [-0.15, -0.1) is 22.7 Å². The van der Waals surface area contributed by atoms with Crippen LogP contribution in [-0.4, -0.2) is 110 Å². The van der Waals surface area contributed by atoms with Crippen molar-refractivity contribution >= 4 is 104 Å². The van der Waals surface area contributed by atoms with Crippen molar-refractivity contribution in [3.63, 3.8) is 0 Å². The van der Waals surface area contributed by atoms with Gasteiger partial charge in [0.15, 0.2) is 0 Å². The largest absolute Gasteiger partial charge is 0.497 e. The van der Waals surface area contributed by atoms with Crippen LogP contribution in [0.15, 0.2) is 107 Å². The Bertz CT molecular complexity index is 3070. The van der Waals surface area contributed by atoms with Crippen LogP contribution in [0.5, 0.6) is 11.5 Å². The second-order valence-electron chi connectivity index (χ2n) is 18.7. The summed E-state index contributed by atoms with van der Waals surface area (Å²) in [6.45, 7) is 8.03. The molecule has 2 atom stereocenters. The number of carboxylic acids is 2. The SMILES string of the molecule is COc1cccc(N2CCN(C3=Nc4cc(Cl)sc4[C@@H](CC(=O)O)N3c3cc(C(F)(F)F)ccc3C)CC2)c1.COc1cccc(N2CCN(C3=Nc4cc(Cl)sc4[C@H](CC(=O)O)N3c3cc(C(F)(F)F)ccc3C)CC2)c1.[CH3-].[CH3-].[W].[W]. The normalized spacial score (nSPS) is 16.8. The molecule has 0 spiro atoms. The Morgan fingerprint density at radius 1 is 0.561 bits per heavy atom. The third-order valence-electron chi connectivity index (χ3n) is 13.8. The fourth-order valence-electron chi connectivity index (χ4n) is 9.95. The van der Waals surface area contributed by atoms with Crippen molar-refractivity contribution in [2.75, 3.05) is 86.2 Å². The fourth-order valence-corrected chi connectivity index (χ4v) is 12.5. The Kier molecular flexibility index (Phi) is 22.9. The van der Waals surface area contributed by atoms with E-state index in [1.807, 2.05) is 58.3 Å². The quantitative estimate of drug-likeness (QED) is 0.0998. The first-order chi connectivity index (χ1) is 37.1. The average Bonchev–Trinajstić information content (AvgIpc) is 3.82. The molecule has 2 N–H and O–H groups in total. The monoisotopic (exact) mass is 1550 g/mol. The van der Waals surface area contributed by atoms with Crippen molar-refractivity contribution < 1.29 is 97.7 Å². The van der Waals surface area contributed by atoms with E-state index in [2.05, 4.69) is 9.80 Å². The molecule has 440 valence electrons. The van der Waals surface area contributed by atoms with Crippen molar-refractivity contribution in [2.45, 2.75) is 51.1 Å². The van der Waals surface area contributed by atoms with Gasteiger partial charge in [0.25, 0.3) is 0 Å². The van der Waals surface area contributed by atoms with Gasteiger partial charge >= 0.3 is 24.3 Å². The zero-order valence-electron chi connectivity index (χ0n) is 45.2. The molecule has 0 aliphatic carbocycles. The maximum atomic E-state index is 13.7. The molecular formula is C56H58Cl2F6N8O6S2W2-2. The van der Waals surface area contributed by atoms with Crippen LogP contribution in [0.1, 0.15) is 56.9 Å². The predicted molar refractivity (Wildman–Crippen MR) is 307 cm³/mol. The number of piperazine rings is 2. The number of aliphatic imine (C=N–C) groups is 2. The molecule has 4 aliphatic rings. The van der Waals surface area contributed by atoms with E-state index in [1.54, 1.807) is 50.0 Å². The van der Waals surface area contributed by atoms with E-state index < -0.39 is 47.5 Å². The first-order valence-corrected chi connectivity index (χ1v) is 26.9. The topological polar surface area (TPSA) is 137 Å². The van der Waals surface area contributed by atoms with E-state index in [-0.39, 0.29) is 81.2 Å². The average molecular weight is 1560 g/mol. The number of hydrogen-bond donors (Lipinski definition) is 2.